The van der Waals surface area contributed by atoms with Gasteiger partial charge in [-0.3, -0.25) is 10.2 Å². The highest BCUT2D eigenvalue weighted by molar-refractivity contribution is 7.89. The third kappa shape index (κ3) is 5.61. The highest BCUT2D eigenvalue weighted by Gasteiger charge is 2.25. The molecule has 0 bridgehead atoms. The smallest absolute Gasteiger partial charge is 0.328 e. The molecule has 5 aromatic rings. The van der Waals surface area contributed by atoms with Crippen molar-refractivity contribution in [3.63, 3.8) is 0 Å². The van der Waals surface area contributed by atoms with Crippen LogP contribution in [0.3, 0.4) is 0 Å². The first-order valence-corrected chi connectivity index (χ1v) is 15.4. The van der Waals surface area contributed by atoms with Crippen LogP contribution in [0, 0.1) is 0 Å². The number of rotatable bonds is 7. The van der Waals surface area contributed by atoms with E-state index in [9.17, 15) is 13.2 Å². The number of amides is 2. The van der Waals surface area contributed by atoms with Gasteiger partial charge in [0.05, 0.1) is 16.8 Å². The van der Waals surface area contributed by atoms with Gasteiger partial charge in [0.1, 0.15) is 5.82 Å². The highest BCUT2D eigenvalue weighted by atomic mass is 32.2. The van der Waals surface area contributed by atoms with Crippen molar-refractivity contribution in [2.24, 2.45) is 7.05 Å². The zero-order valence-electron chi connectivity index (χ0n) is 23.4. The average Bonchev–Trinajstić information content (AvgIpc) is 3.54. The normalized spacial score (nSPS) is 12.8. The number of imidazole rings is 1. The number of urea groups is 1. The van der Waals surface area contributed by atoms with E-state index in [2.05, 4.69) is 20.6 Å². The first kappa shape index (κ1) is 27.2. The molecule has 0 fully saturated rings. The van der Waals surface area contributed by atoms with Crippen LogP contribution in [0.25, 0.3) is 11.0 Å². The molecule has 0 unspecified atom stereocenters. The Morgan fingerprint density at radius 2 is 1.81 bits per heavy atom. The Hall–Kier alpha value is -4.97. The molecule has 11 nitrogen and oxygen atoms in total. The number of para-hydroxylation sites is 1. The van der Waals surface area contributed by atoms with Crippen LogP contribution in [0.1, 0.15) is 11.1 Å². The Labute approximate surface area is 243 Å². The van der Waals surface area contributed by atoms with Crippen molar-refractivity contribution in [3.05, 3.63) is 90.1 Å². The second kappa shape index (κ2) is 10.8. The summed E-state index contributed by atoms with van der Waals surface area (Å²) in [5.41, 5.74) is 6.03. The number of nitrogens with one attached hydrogen (secondary N) is 2. The minimum Gasteiger partial charge on any atom is -0.329 e. The third-order valence-electron chi connectivity index (χ3n) is 7.23. The lowest BCUT2D eigenvalue weighted by Crippen LogP contribution is -2.34. The molecule has 1 aliphatic heterocycles. The molecular formula is C30H30N8O3S. The third-order valence-corrected chi connectivity index (χ3v) is 8.08. The van der Waals surface area contributed by atoms with Crippen molar-refractivity contribution in [1.82, 2.24) is 19.5 Å². The largest absolute Gasteiger partial charge is 0.329 e. The number of anilines is 6. The molecule has 42 heavy (non-hydrogen) atoms. The van der Waals surface area contributed by atoms with Crippen LogP contribution in [0.15, 0.2) is 79.0 Å². The fraction of sp³-hybridized carbons (Fsp3) is 0.200. The van der Waals surface area contributed by atoms with Gasteiger partial charge in [-0.25, -0.2) is 23.2 Å². The lowest BCUT2D eigenvalue weighted by atomic mass is 10.2. The molecule has 12 heteroatoms. The SMILES string of the molecule is CN(c1ccc2c(c1)nc(NC(=O)N1CCc3ccccc31)n2C)c1ccnc(Nc2ccc(CS(C)(=O)=O)cc2)n1. The number of sulfone groups is 1. The zero-order valence-corrected chi connectivity index (χ0v) is 24.3. The number of carbonyl (C=O) groups excluding carboxylic acids is 1. The van der Waals surface area contributed by atoms with E-state index in [1.54, 1.807) is 35.4 Å². The van der Waals surface area contributed by atoms with Crippen molar-refractivity contribution in [3.8, 4) is 0 Å². The van der Waals surface area contributed by atoms with Gasteiger partial charge in [-0.2, -0.15) is 4.98 Å². The molecule has 2 aromatic heterocycles. The predicted octanol–water partition coefficient (Wildman–Crippen LogP) is 5.01. The topological polar surface area (TPSA) is 125 Å². The summed E-state index contributed by atoms with van der Waals surface area (Å²) in [7, 11) is 0.683. The number of aryl methyl sites for hydroxylation is 1. The second-order valence-electron chi connectivity index (χ2n) is 10.3. The standard InChI is InChI=1S/C30H30N8O3S/c1-36(27-14-16-31-28(34-27)32-22-10-8-20(9-11-22)19-42(3,40)41)23-12-13-26-24(18-23)33-29(37(26)2)35-30(39)38-17-15-21-6-4-5-7-25(21)38/h4-14,16,18H,15,17,19H2,1-3H3,(H,31,32,34)(H,33,35,39). The van der Waals surface area contributed by atoms with Gasteiger partial charge < -0.3 is 14.8 Å². The number of benzene rings is 3. The van der Waals surface area contributed by atoms with Gasteiger partial charge in [0.25, 0.3) is 0 Å². The predicted molar refractivity (Wildman–Crippen MR) is 166 cm³/mol. The molecule has 0 saturated carbocycles. The molecular weight excluding hydrogens is 552 g/mol. The number of hydrogen-bond acceptors (Lipinski definition) is 8. The van der Waals surface area contributed by atoms with Crippen LogP contribution < -0.4 is 20.4 Å². The molecule has 0 aliphatic carbocycles. The second-order valence-corrected chi connectivity index (χ2v) is 12.5. The minimum absolute atomic E-state index is 0.00842. The maximum Gasteiger partial charge on any atom is 0.328 e. The van der Waals surface area contributed by atoms with Gasteiger partial charge in [-0.1, -0.05) is 30.3 Å². The van der Waals surface area contributed by atoms with Crippen molar-refractivity contribution in [1.29, 1.82) is 0 Å². The quantitative estimate of drug-likeness (QED) is 0.274. The van der Waals surface area contributed by atoms with Crippen LogP contribution in [0.5, 0.6) is 0 Å². The van der Waals surface area contributed by atoms with Crippen molar-refractivity contribution in [2.45, 2.75) is 12.2 Å². The van der Waals surface area contributed by atoms with Crippen LogP contribution in [-0.2, 0) is 29.1 Å². The summed E-state index contributed by atoms with van der Waals surface area (Å²) in [4.78, 5) is 30.5. The Morgan fingerprint density at radius 3 is 2.60 bits per heavy atom. The van der Waals surface area contributed by atoms with Gasteiger partial charge in [0.2, 0.25) is 11.9 Å². The van der Waals surface area contributed by atoms with Gasteiger partial charge in [-0.05, 0) is 60.0 Å². The Morgan fingerprint density at radius 1 is 1.02 bits per heavy atom. The summed E-state index contributed by atoms with van der Waals surface area (Å²) in [6.07, 6.45) is 3.72. The monoisotopic (exact) mass is 582 g/mol. The molecule has 1 aliphatic rings. The van der Waals surface area contributed by atoms with E-state index in [1.807, 2.05) is 72.1 Å². The van der Waals surface area contributed by atoms with Gasteiger partial charge in [-0.15, -0.1) is 0 Å². The van der Waals surface area contributed by atoms with E-state index < -0.39 is 9.84 Å². The fourth-order valence-electron chi connectivity index (χ4n) is 5.07. The molecule has 0 radical (unpaired) electrons. The lowest BCUT2D eigenvalue weighted by Gasteiger charge is -2.19. The maximum atomic E-state index is 13.1. The van der Waals surface area contributed by atoms with E-state index in [0.29, 0.717) is 29.8 Å². The first-order chi connectivity index (χ1) is 20.1. The maximum absolute atomic E-state index is 13.1. The Kier molecular flexibility index (Phi) is 6.99. The zero-order chi connectivity index (χ0) is 29.4. The Bertz CT molecular complexity index is 1900. The van der Waals surface area contributed by atoms with E-state index in [1.165, 1.54) is 6.26 Å². The number of fused-ring (bicyclic) bond motifs is 2. The van der Waals surface area contributed by atoms with Crippen molar-refractivity contribution >= 4 is 61.7 Å². The molecule has 0 atom stereocenters. The number of hydrogen-bond donors (Lipinski definition) is 2. The lowest BCUT2D eigenvalue weighted by molar-refractivity contribution is 0.257. The summed E-state index contributed by atoms with van der Waals surface area (Å²) < 4.78 is 25.0. The summed E-state index contributed by atoms with van der Waals surface area (Å²) in [5, 5.41) is 6.14. The molecule has 3 heterocycles. The summed E-state index contributed by atoms with van der Waals surface area (Å²) in [5.74, 6) is 1.53. The number of nitrogens with zero attached hydrogens (tertiary/aromatic N) is 6. The van der Waals surface area contributed by atoms with Crippen molar-refractivity contribution in [2.75, 3.05) is 40.3 Å². The van der Waals surface area contributed by atoms with Gasteiger partial charge >= 0.3 is 6.03 Å². The van der Waals surface area contributed by atoms with Crippen LogP contribution in [-0.4, -0.2) is 53.8 Å². The molecule has 2 N–H and O–H groups in total. The highest BCUT2D eigenvalue weighted by Crippen LogP contribution is 2.30. The Balaban J connectivity index is 1.18. The molecule has 0 spiro atoms. The summed E-state index contributed by atoms with van der Waals surface area (Å²) >= 11 is 0. The van der Waals surface area contributed by atoms with Crippen LogP contribution in [0.2, 0.25) is 0 Å². The number of carbonyl (C=O) groups is 1. The molecule has 3 aromatic carbocycles. The van der Waals surface area contributed by atoms with E-state index in [0.717, 1.165) is 40.1 Å². The van der Waals surface area contributed by atoms with Crippen LogP contribution in [0.4, 0.5) is 39.6 Å². The van der Waals surface area contributed by atoms with Crippen molar-refractivity contribution < 1.29 is 13.2 Å². The molecule has 6 rings (SSSR count). The van der Waals surface area contributed by atoms with E-state index in [4.69, 9.17) is 4.98 Å². The number of aromatic nitrogens is 4. The first-order valence-electron chi connectivity index (χ1n) is 13.4. The van der Waals surface area contributed by atoms with E-state index >= 15 is 0 Å². The molecule has 214 valence electrons. The minimum atomic E-state index is -3.10. The van der Waals surface area contributed by atoms with Crippen LogP contribution >= 0.6 is 0 Å². The fourth-order valence-corrected chi connectivity index (χ4v) is 5.86. The summed E-state index contributed by atoms with van der Waals surface area (Å²) in [6, 6.07) is 22.6. The summed E-state index contributed by atoms with van der Waals surface area (Å²) in [6.45, 7) is 0.633. The molecule has 2 amide bonds. The average molecular weight is 583 g/mol. The van der Waals surface area contributed by atoms with Gasteiger partial charge in [0.15, 0.2) is 9.84 Å². The van der Waals surface area contributed by atoms with Gasteiger partial charge in [0, 0.05) is 50.2 Å². The molecule has 0 saturated heterocycles. The van der Waals surface area contributed by atoms with E-state index in [-0.39, 0.29) is 11.8 Å².